The van der Waals surface area contributed by atoms with Crippen molar-refractivity contribution in [3.8, 4) is 0 Å². The monoisotopic (exact) mass is 228 g/mol. The van der Waals surface area contributed by atoms with E-state index < -0.39 is 0 Å². The van der Waals surface area contributed by atoms with E-state index in [4.69, 9.17) is 4.74 Å². The van der Waals surface area contributed by atoms with Gasteiger partial charge < -0.3 is 4.74 Å². The van der Waals surface area contributed by atoms with Gasteiger partial charge in [0.1, 0.15) is 0 Å². The van der Waals surface area contributed by atoms with E-state index in [9.17, 15) is 0 Å². The van der Waals surface area contributed by atoms with Crippen molar-refractivity contribution < 1.29 is 4.74 Å². The second-order valence-electron chi connectivity index (χ2n) is 7.25. The molecule has 0 aliphatic rings. The van der Waals surface area contributed by atoms with E-state index in [1.807, 2.05) is 0 Å². The zero-order valence-corrected chi connectivity index (χ0v) is 12.5. The van der Waals surface area contributed by atoms with Gasteiger partial charge in [-0.1, -0.05) is 54.4 Å². The Morgan fingerprint density at radius 1 is 0.875 bits per heavy atom. The minimum atomic E-state index is 0.269. The van der Waals surface area contributed by atoms with Crippen molar-refractivity contribution in [2.75, 3.05) is 6.61 Å². The summed E-state index contributed by atoms with van der Waals surface area (Å²) < 4.78 is 5.84. The highest BCUT2D eigenvalue weighted by molar-refractivity contribution is 4.69. The minimum Gasteiger partial charge on any atom is -0.378 e. The SMILES string of the molecule is CC(OCCCCCC(C)(C)C)C(C)(C)C. The Kier molecular flexibility index (Phi) is 6.62. The average Bonchev–Trinajstić information content (AvgIpc) is 2.07. The minimum absolute atomic E-state index is 0.269. The third-order valence-corrected chi connectivity index (χ3v) is 3.16. The van der Waals surface area contributed by atoms with Crippen molar-refractivity contribution in [2.24, 2.45) is 10.8 Å². The summed E-state index contributed by atoms with van der Waals surface area (Å²) in [7, 11) is 0. The lowest BCUT2D eigenvalue weighted by molar-refractivity contribution is -0.00656. The van der Waals surface area contributed by atoms with Crippen LogP contribution >= 0.6 is 0 Å². The van der Waals surface area contributed by atoms with Crippen LogP contribution in [0.15, 0.2) is 0 Å². The molecular formula is C15H32O. The Morgan fingerprint density at radius 3 is 1.88 bits per heavy atom. The van der Waals surface area contributed by atoms with Gasteiger partial charge in [-0.3, -0.25) is 0 Å². The normalized spacial score (nSPS) is 15.2. The van der Waals surface area contributed by atoms with Gasteiger partial charge in [-0.2, -0.15) is 0 Å². The molecule has 0 bridgehead atoms. The fraction of sp³-hybridized carbons (Fsp3) is 1.00. The number of hydrogen-bond donors (Lipinski definition) is 0. The fourth-order valence-corrected chi connectivity index (χ4v) is 1.44. The predicted octanol–water partition coefficient (Wildman–Crippen LogP) is 5.04. The van der Waals surface area contributed by atoms with Crippen LogP contribution in [0.4, 0.5) is 0 Å². The van der Waals surface area contributed by atoms with Gasteiger partial charge in [-0.25, -0.2) is 0 Å². The predicted molar refractivity (Wildman–Crippen MR) is 72.8 cm³/mol. The smallest absolute Gasteiger partial charge is 0.0595 e. The Labute approximate surface area is 103 Å². The molecule has 0 aromatic heterocycles. The second kappa shape index (κ2) is 6.64. The van der Waals surface area contributed by atoms with Gasteiger partial charge in [-0.05, 0) is 30.6 Å². The van der Waals surface area contributed by atoms with E-state index >= 15 is 0 Å². The Morgan fingerprint density at radius 2 is 1.44 bits per heavy atom. The van der Waals surface area contributed by atoms with Crippen LogP contribution in [-0.4, -0.2) is 12.7 Å². The van der Waals surface area contributed by atoms with Crippen LogP contribution in [-0.2, 0) is 4.74 Å². The van der Waals surface area contributed by atoms with Crippen molar-refractivity contribution >= 4 is 0 Å². The molecule has 0 saturated carbocycles. The standard InChI is InChI=1S/C15H32O/c1-13(15(5,6)7)16-12-10-8-9-11-14(2,3)4/h13H,8-12H2,1-7H3. The van der Waals surface area contributed by atoms with E-state index in [-0.39, 0.29) is 5.41 Å². The van der Waals surface area contributed by atoms with Gasteiger partial charge in [0, 0.05) is 6.61 Å². The van der Waals surface area contributed by atoms with Crippen molar-refractivity contribution in [3.63, 3.8) is 0 Å². The Balaban J connectivity index is 3.41. The number of unbranched alkanes of at least 4 members (excludes halogenated alkanes) is 2. The van der Waals surface area contributed by atoms with Gasteiger partial charge in [-0.15, -0.1) is 0 Å². The lowest BCUT2D eigenvalue weighted by Crippen LogP contribution is -2.26. The zero-order valence-electron chi connectivity index (χ0n) is 12.5. The second-order valence-corrected chi connectivity index (χ2v) is 7.25. The molecule has 1 heteroatoms. The van der Waals surface area contributed by atoms with E-state index in [0.717, 1.165) is 6.61 Å². The van der Waals surface area contributed by atoms with Crippen molar-refractivity contribution in [1.29, 1.82) is 0 Å². The van der Waals surface area contributed by atoms with Crippen LogP contribution in [0.5, 0.6) is 0 Å². The summed E-state index contributed by atoms with van der Waals surface area (Å²) in [6.45, 7) is 16.7. The first kappa shape index (κ1) is 16.0. The van der Waals surface area contributed by atoms with Crippen molar-refractivity contribution in [1.82, 2.24) is 0 Å². The number of ether oxygens (including phenoxy) is 1. The molecule has 0 N–H and O–H groups in total. The highest BCUT2D eigenvalue weighted by Gasteiger charge is 2.20. The molecule has 0 rings (SSSR count). The third-order valence-electron chi connectivity index (χ3n) is 3.16. The van der Waals surface area contributed by atoms with Crippen LogP contribution in [0.3, 0.4) is 0 Å². The quantitative estimate of drug-likeness (QED) is 0.578. The molecule has 0 radical (unpaired) electrons. The maximum Gasteiger partial charge on any atom is 0.0595 e. The largest absolute Gasteiger partial charge is 0.378 e. The molecule has 1 nitrogen and oxygen atoms in total. The van der Waals surface area contributed by atoms with E-state index in [1.165, 1.54) is 25.7 Å². The highest BCUT2D eigenvalue weighted by atomic mass is 16.5. The topological polar surface area (TPSA) is 9.23 Å². The highest BCUT2D eigenvalue weighted by Crippen LogP contribution is 2.23. The summed E-state index contributed by atoms with van der Waals surface area (Å²) in [5.41, 5.74) is 0.755. The average molecular weight is 228 g/mol. The van der Waals surface area contributed by atoms with Crippen LogP contribution in [0.1, 0.15) is 74.1 Å². The van der Waals surface area contributed by atoms with E-state index in [2.05, 4.69) is 48.5 Å². The van der Waals surface area contributed by atoms with Crippen molar-refractivity contribution in [3.05, 3.63) is 0 Å². The summed E-state index contributed by atoms with van der Waals surface area (Å²) in [5.74, 6) is 0. The molecule has 0 aromatic rings. The van der Waals surface area contributed by atoms with Gasteiger partial charge in [0.15, 0.2) is 0 Å². The number of rotatable bonds is 6. The van der Waals surface area contributed by atoms with Crippen LogP contribution < -0.4 is 0 Å². The molecule has 1 unspecified atom stereocenters. The Bertz CT molecular complexity index is 171. The fourth-order valence-electron chi connectivity index (χ4n) is 1.44. The molecule has 98 valence electrons. The van der Waals surface area contributed by atoms with Gasteiger partial charge >= 0.3 is 0 Å². The first-order valence-electron chi connectivity index (χ1n) is 6.74. The van der Waals surface area contributed by atoms with E-state index in [1.54, 1.807) is 0 Å². The molecule has 0 aromatic carbocycles. The first-order valence-corrected chi connectivity index (χ1v) is 6.74. The van der Waals surface area contributed by atoms with Gasteiger partial charge in [0.25, 0.3) is 0 Å². The molecule has 0 fully saturated rings. The zero-order chi connectivity index (χ0) is 12.8. The van der Waals surface area contributed by atoms with Gasteiger partial charge in [0.2, 0.25) is 0 Å². The lowest BCUT2D eigenvalue weighted by atomic mass is 9.89. The maximum absolute atomic E-state index is 5.84. The Hall–Kier alpha value is -0.0400. The van der Waals surface area contributed by atoms with Crippen LogP contribution in [0.25, 0.3) is 0 Å². The third kappa shape index (κ3) is 9.21. The molecule has 0 saturated heterocycles. The maximum atomic E-state index is 5.84. The molecular weight excluding hydrogens is 196 g/mol. The summed E-state index contributed by atoms with van der Waals surface area (Å²) in [5, 5.41) is 0. The van der Waals surface area contributed by atoms with Gasteiger partial charge in [0.05, 0.1) is 6.10 Å². The lowest BCUT2D eigenvalue weighted by Gasteiger charge is -2.27. The van der Waals surface area contributed by atoms with Crippen molar-refractivity contribution in [2.45, 2.75) is 80.3 Å². The van der Waals surface area contributed by atoms with E-state index in [0.29, 0.717) is 11.5 Å². The molecule has 0 amide bonds. The molecule has 0 spiro atoms. The van der Waals surface area contributed by atoms with Crippen LogP contribution in [0, 0.1) is 10.8 Å². The molecule has 0 heterocycles. The van der Waals surface area contributed by atoms with Crippen LogP contribution in [0.2, 0.25) is 0 Å². The summed E-state index contributed by atoms with van der Waals surface area (Å²) in [6.07, 6.45) is 5.51. The molecule has 0 aliphatic carbocycles. The summed E-state index contributed by atoms with van der Waals surface area (Å²) in [6, 6.07) is 0. The summed E-state index contributed by atoms with van der Waals surface area (Å²) in [4.78, 5) is 0. The summed E-state index contributed by atoms with van der Waals surface area (Å²) >= 11 is 0. The molecule has 16 heavy (non-hydrogen) atoms. The number of hydrogen-bond acceptors (Lipinski definition) is 1. The first-order chi connectivity index (χ1) is 7.13. The molecule has 0 aliphatic heterocycles. The molecule has 1 atom stereocenters.